The minimum atomic E-state index is -4.71. The summed E-state index contributed by atoms with van der Waals surface area (Å²) in [6, 6.07) is 15.1. The molecule has 1 unspecified atom stereocenters. The van der Waals surface area contributed by atoms with Gasteiger partial charge in [-0.1, -0.05) is 42.5 Å². The molecule has 25 heavy (non-hydrogen) atoms. The zero-order valence-corrected chi connectivity index (χ0v) is 13.1. The summed E-state index contributed by atoms with van der Waals surface area (Å²) in [5.74, 6) is -0.275. The number of ether oxygens (including phenoxy) is 2. The monoisotopic (exact) mass is 351 g/mol. The first-order chi connectivity index (χ1) is 11.9. The van der Waals surface area contributed by atoms with E-state index in [4.69, 9.17) is 4.74 Å². The Bertz CT molecular complexity index is 704. The first kappa shape index (κ1) is 17.4. The number of alkyl halides is 3. The van der Waals surface area contributed by atoms with Crippen molar-refractivity contribution in [2.24, 2.45) is 0 Å². The van der Waals surface area contributed by atoms with Crippen LogP contribution in [0, 0.1) is 0 Å². The van der Waals surface area contributed by atoms with Crippen molar-refractivity contribution >= 4 is 6.29 Å². The first-order valence-corrected chi connectivity index (χ1v) is 7.69. The molecule has 1 aliphatic rings. The van der Waals surface area contributed by atoms with E-state index in [-0.39, 0.29) is 11.9 Å². The van der Waals surface area contributed by atoms with Gasteiger partial charge in [-0.05, 0) is 23.3 Å². The Hall–Kier alpha value is -2.38. The van der Waals surface area contributed by atoms with Crippen LogP contribution in [0.3, 0.4) is 0 Å². The van der Waals surface area contributed by atoms with Gasteiger partial charge in [-0.15, -0.1) is 13.2 Å². The fraction of sp³-hybridized carbons (Fsp3) is 0.278. The van der Waals surface area contributed by atoms with Crippen molar-refractivity contribution in [2.75, 3.05) is 6.54 Å². The number of rotatable bonds is 5. The second-order valence-corrected chi connectivity index (χ2v) is 5.68. The minimum absolute atomic E-state index is 0.218. The minimum Gasteiger partial charge on any atom is -0.406 e. The van der Waals surface area contributed by atoms with E-state index in [0.717, 1.165) is 17.4 Å². The summed E-state index contributed by atoms with van der Waals surface area (Å²) in [4.78, 5) is 13.1. The SMILES string of the molecule is O=CC1O[C@H](c2ccccc2)CN1Cc1ccc(OC(F)(F)F)cc1. The third-order valence-corrected chi connectivity index (χ3v) is 3.89. The molecule has 0 aliphatic carbocycles. The lowest BCUT2D eigenvalue weighted by molar-refractivity contribution is -0.274. The molecule has 1 aliphatic heterocycles. The molecule has 0 radical (unpaired) electrons. The lowest BCUT2D eigenvalue weighted by atomic mass is 10.1. The lowest BCUT2D eigenvalue weighted by Gasteiger charge is -2.18. The fourth-order valence-electron chi connectivity index (χ4n) is 2.77. The van der Waals surface area contributed by atoms with Crippen molar-refractivity contribution in [1.29, 1.82) is 0 Å². The third kappa shape index (κ3) is 4.58. The van der Waals surface area contributed by atoms with Gasteiger partial charge in [0, 0.05) is 13.1 Å². The number of halogens is 3. The molecule has 0 saturated carbocycles. The highest BCUT2D eigenvalue weighted by atomic mass is 19.4. The maximum absolute atomic E-state index is 12.2. The van der Waals surface area contributed by atoms with Gasteiger partial charge in [0.05, 0.1) is 6.10 Å². The van der Waals surface area contributed by atoms with Crippen LogP contribution in [0.4, 0.5) is 13.2 Å². The molecule has 0 N–H and O–H groups in total. The standard InChI is InChI=1S/C18H16F3NO3/c19-18(20,21)25-15-8-6-13(7-9-15)10-22-11-16(24-17(22)12-23)14-4-2-1-3-5-14/h1-9,12,16-17H,10-11H2/t16-,17?/m0/s1. The number of carbonyl (C=O) groups is 1. The number of benzene rings is 2. The lowest BCUT2D eigenvalue weighted by Crippen LogP contribution is -2.30. The molecule has 1 saturated heterocycles. The van der Waals surface area contributed by atoms with Crippen LogP contribution < -0.4 is 4.74 Å². The van der Waals surface area contributed by atoms with Gasteiger partial charge in [0.15, 0.2) is 12.5 Å². The topological polar surface area (TPSA) is 38.8 Å². The van der Waals surface area contributed by atoms with E-state index in [0.29, 0.717) is 13.1 Å². The molecular weight excluding hydrogens is 335 g/mol. The van der Waals surface area contributed by atoms with Crippen molar-refractivity contribution in [3.05, 3.63) is 65.7 Å². The van der Waals surface area contributed by atoms with Crippen LogP contribution in [-0.2, 0) is 16.1 Å². The molecule has 2 aromatic carbocycles. The van der Waals surface area contributed by atoms with Crippen molar-refractivity contribution < 1.29 is 27.4 Å². The molecular formula is C18H16F3NO3. The van der Waals surface area contributed by atoms with Gasteiger partial charge >= 0.3 is 6.36 Å². The van der Waals surface area contributed by atoms with Gasteiger partial charge in [0.2, 0.25) is 0 Å². The molecule has 7 heteroatoms. The number of hydrogen-bond acceptors (Lipinski definition) is 4. The molecule has 4 nitrogen and oxygen atoms in total. The van der Waals surface area contributed by atoms with Crippen molar-refractivity contribution in [1.82, 2.24) is 4.90 Å². The molecule has 2 aromatic rings. The highest BCUT2D eigenvalue weighted by Gasteiger charge is 2.33. The zero-order chi connectivity index (χ0) is 17.9. The predicted octanol–water partition coefficient (Wildman–Crippen LogP) is 3.68. The van der Waals surface area contributed by atoms with E-state index in [2.05, 4.69) is 4.74 Å². The molecule has 0 spiro atoms. The van der Waals surface area contributed by atoms with Crippen LogP contribution in [0.1, 0.15) is 17.2 Å². The quantitative estimate of drug-likeness (QED) is 0.771. The van der Waals surface area contributed by atoms with E-state index in [1.165, 1.54) is 12.1 Å². The second kappa shape index (κ2) is 7.25. The molecule has 0 bridgehead atoms. The summed E-state index contributed by atoms with van der Waals surface area (Å²) in [7, 11) is 0. The smallest absolute Gasteiger partial charge is 0.406 e. The molecule has 2 atom stereocenters. The average Bonchev–Trinajstić information content (AvgIpc) is 2.99. The summed E-state index contributed by atoms with van der Waals surface area (Å²) in [5.41, 5.74) is 1.74. The third-order valence-electron chi connectivity index (χ3n) is 3.89. The van der Waals surface area contributed by atoms with E-state index in [1.807, 2.05) is 35.2 Å². The van der Waals surface area contributed by atoms with Crippen molar-refractivity contribution in [3.63, 3.8) is 0 Å². The summed E-state index contributed by atoms with van der Waals surface area (Å²) in [5, 5.41) is 0. The highest BCUT2D eigenvalue weighted by molar-refractivity contribution is 5.56. The van der Waals surface area contributed by atoms with Crippen LogP contribution >= 0.6 is 0 Å². The first-order valence-electron chi connectivity index (χ1n) is 7.69. The summed E-state index contributed by atoms with van der Waals surface area (Å²) in [6.45, 7) is 0.910. The molecule has 0 amide bonds. The number of aldehydes is 1. The number of carbonyl (C=O) groups excluding carboxylic acids is 1. The Labute approximate surface area is 142 Å². The molecule has 0 aromatic heterocycles. The predicted molar refractivity (Wildman–Crippen MR) is 83.7 cm³/mol. The highest BCUT2D eigenvalue weighted by Crippen LogP contribution is 2.30. The normalized spacial score (nSPS) is 21.2. The Kier molecular flexibility index (Phi) is 5.06. The van der Waals surface area contributed by atoms with Gasteiger partial charge in [0.25, 0.3) is 0 Å². The van der Waals surface area contributed by atoms with E-state index >= 15 is 0 Å². The van der Waals surface area contributed by atoms with Crippen LogP contribution in [0.25, 0.3) is 0 Å². The van der Waals surface area contributed by atoms with Crippen molar-refractivity contribution in [3.8, 4) is 5.75 Å². The Balaban J connectivity index is 1.66. The maximum Gasteiger partial charge on any atom is 0.573 e. The number of hydrogen-bond donors (Lipinski definition) is 0. The van der Waals surface area contributed by atoms with Gasteiger partial charge in [-0.3, -0.25) is 9.69 Å². The molecule has 1 fully saturated rings. The second-order valence-electron chi connectivity index (χ2n) is 5.68. The Morgan fingerprint density at radius 1 is 1.12 bits per heavy atom. The number of nitrogens with zero attached hydrogens (tertiary/aromatic N) is 1. The summed E-state index contributed by atoms with van der Waals surface area (Å²) >= 11 is 0. The van der Waals surface area contributed by atoms with Crippen LogP contribution in [0.15, 0.2) is 54.6 Å². The Morgan fingerprint density at radius 2 is 1.80 bits per heavy atom. The molecule has 3 rings (SSSR count). The maximum atomic E-state index is 12.2. The summed E-state index contributed by atoms with van der Waals surface area (Å²) in [6.07, 6.45) is -4.89. The molecule has 1 heterocycles. The van der Waals surface area contributed by atoms with Gasteiger partial charge < -0.3 is 9.47 Å². The largest absolute Gasteiger partial charge is 0.573 e. The van der Waals surface area contributed by atoms with Gasteiger partial charge in [0.1, 0.15) is 5.75 Å². The van der Waals surface area contributed by atoms with Crippen molar-refractivity contribution in [2.45, 2.75) is 25.2 Å². The van der Waals surface area contributed by atoms with E-state index in [9.17, 15) is 18.0 Å². The average molecular weight is 351 g/mol. The van der Waals surface area contributed by atoms with Gasteiger partial charge in [-0.25, -0.2) is 0 Å². The van der Waals surface area contributed by atoms with Crippen LogP contribution in [-0.4, -0.2) is 30.3 Å². The summed E-state index contributed by atoms with van der Waals surface area (Å²) < 4.78 is 46.2. The Morgan fingerprint density at radius 3 is 2.40 bits per heavy atom. The van der Waals surface area contributed by atoms with E-state index < -0.39 is 12.6 Å². The van der Waals surface area contributed by atoms with E-state index in [1.54, 1.807) is 12.1 Å². The zero-order valence-electron chi connectivity index (χ0n) is 13.1. The fourth-order valence-corrected chi connectivity index (χ4v) is 2.77. The molecule has 132 valence electrons. The van der Waals surface area contributed by atoms with Crippen LogP contribution in [0.2, 0.25) is 0 Å². The van der Waals surface area contributed by atoms with Crippen LogP contribution in [0.5, 0.6) is 5.75 Å². The van der Waals surface area contributed by atoms with Gasteiger partial charge in [-0.2, -0.15) is 0 Å².